The Morgan fingerprint density at radius 3 is 1.91 bits per heavy atom. The first kappa shape index (κ1) is 13.0. The summed E-state index contributed by atoms with van der Waals surface area (Å²) < 4.78 is 0. The zero-order valence-corrected chi connectivity index (χ0v) is 12.5. The van der Waals surface area contributed by atoms with E-state index in [0.717, 1.165) is 34.4 Å². The fraction of sp³-hybridized carbons (Fsp3) is 0.0952. The smallest absolute Gasteiger partial charge is 0.150 e. The average molecular weight is 284 g/mol. The number of hydrogen-bond acceptors (Lipinski definition) is 1. The van der Waals surface area contributed by atoms with Crippen LogP contribution < -0.4 is 0 Å². The second kappa shape index (κ2) is 4.96. The van der Waals surface area contributed by atoms with Gasteiger partial charge in [0.2, 0.25) is 0 Å². The van der Waals surface area contributed by atoms with Gasteiger partial charge in [-0.1, -0.05) is 55.5 Å². The number of rotatable bonds is 2. The lowest BCUT2D eigenvalue weighted by Crippen LogP contribution is -1.90. The molecule has 0 amide bonds. The van der Waals surface area contributed by atoms with Gasteiger partial charge in [0.25, 0.3) is 0 Å². The van der Waals surface area contributed by atoms with Crippen molar-refractivity contribution in [3.05, 3.63) is 71.8 Å². The molecule has 1 nitrogen and oxygen atoms in total. The molecule has 0 spiro atoms. The molecule has 0 N–H and O–H groups in total. The molecule has 1 heteroatoms. The third-order valence-corrected chi connectivity index (χ3v) is 4.51. The van der Waals surface area contributed by atoms with Gasteiger partial charge in [-0.25, -0.2) is 0 Å². The van der Waals surface area contributed by atoms with E-state index in [1.165, 1.54) is 21.7 Å². The van der Waals surface area contributed by atoms with Crippen LogP contribution in [-0.4, -0.2) is 6.29 Å². The van der Waals surface area contributed by atoms with Gasteiger partial charge in [0.15, 0.2) is 6.29 Å². The zero-order valence-electron chi connectivity index (χ0n) is 12.5. The Labute approximate surface area is 129 Å². The molecule has 0 saturated carbocycles. The summed E-state index contributed by atoms with van der Waals surface area (Å²) in [5, 5.41) is 7.09. The van der Waals surface area contributed by atoms with Gasteiger partial charge in [-0.05, 0) is 56.4 Å². The third-order valence-electron chi connectivity index (χ3n) is 4.51. The lowest BCUT2D eigenvalue weighted by Gasteiger charge is -2.13. The highest BCUT2D eigenvalue weighted by atomic mass is 16.1. The first-order valence-corrected chi connectivity index (χ1v) is 7.64. The van der Waals surface area contributed by atoms with Gasteiger partial charge < -0.3 is 0 Å². The Morgan fingerprint density at radius 1 is 0.727 bits per heavy atom. The highest BCUT2D eigenvalue weighted by molar-refractivity contribution is 6.21. The first-order valence-electron chi connectivity index (χ1n) is 7.64. The molecule has 0 aromatic heterocycles. The molecule has 0 atom stereocenters. The van der Waals surface area contributed by atoms with Crippen LogP contribution in [0, 0.1) is 0 Å². The van der Waals surface area contributed by atoms with Crippen molar-refractivity contribution >= 4 is 38.6 Å². The molecule has 22 heavy (non-hydrogen) atoms. The van der Waals surface area contributed by atoms with Crippen molar-refractivity contribution in [3.63, 3.8) is 0 Å². The maximum absolute atomic E-state index is 11.5. The van der Waals surface area contributed by atoms with Gasteiger partial charge in [0.05, 0.1) is 0 Å². The van der Waals surface area contributed by atoms with E-state index >= 15 is 0 Å². The number of aldehydes is 1. The Balaban J connectivity index is 2.33. The predicted octanol–water partition coefficient (Wildman–Crippen LogP) is 5.52. The Hall–Kier alpha value is -2.67. The van der Waals surface area contributed by atoms with Crippen LogP contribution in [0.3, 0.4) is 0 Å². The Morgan fingerprint density at radius 2 is 1.27 bits per heavy atom. The van der Waals surface area contributed by atoms with E-state index in [1.807, 2.05) is 24.3 Å². The van der Waals surface area contributed by atoms with E-state index in [0.29, 0.717) is 0 Å². The highest BCUT2D eigenvalue weighted by Gasteiger charge is 2.10. The maximum atomic E-state index is 11.5. The summed E-state index contributed by atoms with van der Waals surface area (Å²) in [6, 6.07) is 21.0. The first-order chi connectivity index (χ1) is 10.8. The quantitative estimate of drug-likeness (QED) is 0.350. The fourth-order valence-corrected chi connectivity index (χ4v) is 3.44. The number of aryl methyl sites for hydroxylation is 1. The fourth-order valence-electron chi connectivity index (χ4n) is 3.44. The van der Waals surface area contributed by atoms with Crippen LogP contribution in [0.25, 0.3) is 32.3 Å². The molecule has 0 saturated heterocycles. The molecular formula is C21H16O. The van der Waals surface area contributed by atoms with Crippen molar-refractivity contribution in [2.75, 3.05) is 0 Å². The molecule has 0 radical (unpaired) electrons. The lowest BCUT2D eigenvalue weighted by molar-refractivity contribution is 0.112. The van der Waals surface area contributed by atoms with Gasteiger partial charge >= 0.3 is 0 Å². The number of hydrogen-bond donors (Lipinski definition) is 0. The van der Waals surface area contributed by atoms with Crippen LogP contribution in [-0.2, 0) is 6.42 Å². The molecule has 0 fully saturated rings. The van der Waals surface area contributed by atoms with Gasteiger partial charge in [0.1, 0.15) is 0 Å². The number of carbonyl (C=O) groups is 1. The van der Waals surface area contributed by atoms with Crippen LogP contribution in [0.4, 0.5) is 0 Å². The van der Waals surface area contributed by atoms with Crippen LogP contribution in [0.5, 0.6) is 0 Å². The van der Waals surface area contributed by atoms with Crippen molar-refractivity contribution in [1.82, 2.24) is 0 Å². The molecule has 106 valence electrons. The summed E-state index contributed by atoms with van der Waals surface area (Å²) in [6.07, 6.45) is 1.96. The molecule has 0 aliphatic carbocycles. The lowest BCUT2D eigenvalue weighted by atomic mass is 9.91. The van der Waals surface area contributed by atoms with Crippen LogP contribution in [0.1, 0.15) is 22.8 Å². The third kappa shape index (κ3) is 1.75. The maximum Gasteiger partial charge on any atom is 0.150 e. The van der Waals surface area contributed by atoms with Gasteiger partial charge in [-0.15, -0.1) is 0 Å². The van der Waals surface area contributed by atoms with E-state index in [4.69, 9.17) is 0 Å². The summed E-state index contributed by atoms with van der Waals surface area (Å²) in [4.78, 5) is 11.5. The molecule has 0 heterocycles. The standard InChI is InChI=1S/C21H16O/c1-2-14-11-20-19-10-6-4-8-17(19)15(13-22)12-21(20)18-9-5-3-7-16(14)18/h3-13H,2H2,1H3. The minimum atomic E-state index is 0.762. The van der Waals surface area contributed by atoms with E-state index in [2.05, 4.69) is 43.3 Å². The van der Waals surface area contributed by atoms with E-state index in [-0.39, 0.29) is 0 Å². The minimum absolute atomic E-state index is 0.762. The Kier molecular flexibility index (Phi) is 2.93. The second-order valence-electron chi connectivity index (χ2n) is 5.66. The summed E-state index contributed by atoms with van der Waals surface area (Å²) >= 11 is 0. The summed E-state index contributed by atoms with van der Waals surface area (Å²) in [5.74, 6) is 0. The number of fused-ring (bicyclic) bond motifs is 5. The molecule has 0 bridgehead atoms. The largest absolute Gasteiger partial charge is 0.298 e. The minimum Gasteiger partial charge on any atom is -0.298 e. The van der Waals surface area contributed by atoms with Crippen LogP contribution >= 0.6 is 0 Å². The number of benzene rings is 4. The van der Waals surface area contributed by atoms with Crippen LogP contribution in [0.2, 0.25) is 0 Å². The summed E-state index contributed by atoms with van der Waals surface area (Å²) in [7, 11) is 0. The molecule has 0 unspecified atom stereocenters. The topological polar surface area (TPSA) is 17.1 Å². The normalized spacial score (nSPS) is 11.3. The van der Waals surface area contributed by atoms with Crippen molar-refractivity contribution in [2.24, 2.45) is 0 Å². The molecule has 4 rings (SSSR count). The van der Waals surface area contributed by atoms with E-state index in [9.17, 15) is 4.79 Å². The molecular weight excluding hydrogens is 268 g/mol. The average Bonchev–Trinajstić information content (AvgIpc) is 2.60. The molecule has 0 aliphatic rings. The van der Waals surface area contributed by atoms with Gasteiger partial charge in [0, 0.05) is 5.56 Å². The van der Waals surface area contributed by atoms with Crippen molar-refractivity contribution in [1.29, 1.82) is 0 Å². The number of carbonyl (C=O) groups excluding carboxylic acids is 1. The predicted molar refractivity (Wildman–Crippen MR) is 93.7 cm³/mol. The van der Waals surface area contributed by atoms with Crippen LogP contribution in [0.15, 0.2) is 60.7 Å². The molecule has 0 aliphatic heterocycles. The van der Waals surface area contributed by atoms with Crippen molar-refractivity contribution < 1.29 is 4.79 Å². The SMILES string of the molecule is CCc1cc2c3ccccc3c(C=O)cc2c2ccccc12. The van der Waals surface area contributed by atoms with Crippen molar-refractivity contribution in [2.45, 2.75) is 13.3 Å². The Bertz CT molecular complexity index is 1030. The highest BCUT2D eigenvalue weighted by Crippen LogP contribution is 2.35. The van der Waals surface area contributed by atoms with E-state index in [1.54, 1.807) is 0 Å². The van der Waals surface area contributed by atoms with Crippen molar-refractivity contribution in [3.8, 4) is 0 Å². The second-order valence-corrected chi connectivity index (χ2v) is 5.66. The zero-order chi connectivity index (χ0) is 15.1. The summed E-state index contributed by atoms with van der Waals surface area (Å²) in [6.45, 7) is 2.19. The monoisotopic (exact) mass is 284 g/mol. The van der Waals surface area contributed by atoms with Gasteiger partial charge in [-0.2, -0.15) is 0 Å². The van der Waals surface area contributed by atoms with Gasteiger partial charge in [-0.3, -0.25) is 4.79 Å². The molecule has 4 aromatic rings. The molecule has 4 aromatic carbocycles. The van der Waals surface area contributed by atoms with E-state index < -0.39 is 0 Å². The summed E-state index contributed by atoms with van der Waals surface area (Å²) in [5.41, 5.74) is 2.12.